The Morgan fingerprint density at radius 1 is 1.07 bits per heavy atom. The normalized spacial score (nSPS) is 11.2. The molecular formula is C18H18N4O4S. The van der Waals surface area contributed by atoms with Gasteiger partial charge in [-0.15, -0.1) is 5.10 Å². The van der Waals surface area contributed by atoms with E-state index in [9.17, 15) is 13.2 Å². The molecule has 0 saturated carbocycles. The van der Waals surface area contributed by atoms with Crippen molar-refractivity contribution in [2.24, 2.45) is 0 Å². The van der Waals surface area contributed by atoms with Gasteiger partial charge in [-0.25, -0.2) is 8.42 Å². The van der Waals surface area contributed by atoms with Crippen LogP contribution in [0, 0.1) is 0 Å². The Labute approximate surface area is 156 Å². The van der Waals surface area contributed by atoms with Gasteiger partial charge in [0.25, 0.3) is 5.91 Å². The summed E-state index contributed by atoms with van der Waals surface area (Å²) in [6.07, 6.45) is 1.12. The van der Waals surface area contributed by atoms with Gasteiger partial charge in [0.1, 0.15) is 0 Å². The molecule has 0 saturated heterocycles. The Balaban J connectivity index is 1.77. The minimum Gasteiger partial charge on any atom is -0.403 e. The number of anilines is 2. The summed E-state index contributed by atoms with van der Waals surface area (Å²) in [7, 11) is 0.467. The number of hydrogen-bond donors (Lipinski definition) is 1. The number of sulfone groups is 1. The largest absolute Gasteiger partial charge is 0.403 e. The van der Waals surface area contributed by atoms with E-state index in [0.717, 1.165) is 11.9 Å². The summed E-state index contributed by atoms with van der Waals surface area (Å²) in [6, 6.07) is 13.1. The number of amides is 1. The number of nitrogens with zero attached hydrogens (tertiary/aromatic N) is 3. The van der Waals surface area contributed by atoms with Crippen LogP contribution in [0.1, 0.15) is 10.4 Å². The number of carbonyl (C=O) groups is 1. The molecule has 0 spiro atoms. The van der Waals surface area contributed by atoms with Gasteiger partial charge < -0.3 is 9.32 Å². The number of benzene rings is 2. The van der Waals surface area contributed by atoms with Crippen molar-refractivity contribution in [1.29, 1.82) is 0 Å². The second-order valence-corrected chi connectivity index (χ2v) is 8.12. The molecule has 1 aromatic heterocycles. The molecule has 1 heterocycles. The summed E-state index contributed by atoms with van der Waals surface area (Å²) < 4.78 is 28.8. The lowest BCUT2D eigenvalue weighted by molar-refractivity contribution is 0.102. The maximum Gasteiger partial charge on any atom is 0.322 e. The zero-order chi connectivity index (χ0) is 19.6. The molecule has 2 aromatic carbocycles. The van der Waals surface area contributed by atoms with Crippen molar-refractivity contribution in [2.75, 3.05) is 30.6 Å². The van der Waals surface area contributed by atoms with E-state index in [-0.39, 0.29) is 22.7 Å². The molecule has 9 heteroatoms. The van der Waals surface area contributed by atoms with E-state index in [4.69, 9.17) is 4.42 Å². The van der Waals surface area contributed by atoms with E-state index < -0.39 is 9.84 Å². The average molecular weight is 386 g/mol. The highest BCUT2D eigenvalue weighted by Crippen LogP contribution is 2.23. The van der Waals surface area contributed by atoms with E-state index in [1.165, 1.54) is 12.1 Å². The van der Waals surface area contributed by atoms with Gasteiger partial charge in [0.2, 0.25) is 5.89 Å². The summed E-state index contributed by atoms with van der Waals surface area (Å²) in [6.45, 7) is 0. The molecule has 0 unspecified atom stereocenters. The molecule has 8 nitrogen and oxygen atoms in total. The van der Waals surface area contributed by atoms with Gasteiger partial charge in [-0.3, -0.25) is 10.1 Å². The predicted molar refractivity (Wildman–Crippen MR) is 102 cm³/mol. The number of nitrogens with one attached hydrogen (secondary N) is 1. The van der Waals surface area contributed by atoms with Crippen LogP contribution in [0.2, 0.25) is 0 Å². The quantitative estimate of drug-likeness (QED) is 0.718. The third-order valence-corrected chi connectivity index (χ3v) is 4.91. The molecule has 0 aliphatic heterocycles. The molecule has 3 rings (SSSR count). The van der Waals surface area contributed by atoms with Crippen LogP contribution in [-0.4, -0.2) is 44.9 Å². The summed E-state index contributed by atoms with van der Waals surface area (Å²) in [4.78, 5) is 14.4. The second kappa shape index (κ2) is 7.20. The summed E-state index contributed by atoms with van der Waals surface area (Å²) in [5.41, 5.74) is 1.86. The molecule has 1 N–H and O–H groups in total. The van der Waals surface area contributed by atoms with Crippen LogP contribution in [-0.2, 0) is 9.84 Å². The molecular weight excluding hydrogens is 368 g/mol. The van der Waals surface area contributed by atoms with Crippen molar-refractivity contribution in [2.45, 2.75) is 4.90 Å². The first-order valence-electron chi connectivity index (χ1n) is 7.97. The molecule has 0 atom stereocenters. The van der Waals surface area contributed by atoms with Gasteiger partial charge in [0.05, 0.1) is 4.90 Å². The average Bonchev–Trinajstić information content (AvgIpc) is 3.09. The van der Waals surface area contributed by atoms with Crippen molar-refractivity contribution >= 4 is 27.4 Å². The van der Waals surface area contributed by atoms with E-state index in [1.807, 2.05) is 31.1 Å². The van der Waals surface area contributed by atoms with Gasteiger partial charge >= 0.3 is 6.01 Å². The standard InChI is InChI=1S/C18H18N4O4S/c1-22(2)14-9-7-12(8-10-14)16(23)19-18-21-20-17(26-18)13-5-4-6-15(11-13)27(3,24)25/h4-11H,1-3H3,(H,19,21,23). The van der Waals surface area contributed by atoms with Crippen molar-refractivity contribution in [1.82, 2.24) is 10.2 Å². The molecule has 0 aliphatic carbocycles. The molecule has 0 radical (unpaired) electrons. The third kappa shape index (κ3) is 4.32. The molecule has 3 aromatic rings. The van der Waals surface area contributed by atoms with E-state index >= 15 is 0 Å². The highest BCUT2D eigenvalue weighted by molar-refractivity contribution is 7.90. The van der Waals surface area contributed by atoms with Crippen LogP contribution in [0.3, 0.4) is 0 Å². The zero-order valence-electron chi connectivity index (χ0n) is 15.0. The SMILES string of the molecule is CN(C)c1ccc(C(=O)Nc2nnc(-c3cccc(S(C)(=O)=O)c3)o2)cc1. The molecule has 140 valence electrons. The number of rotatable bonds is 5. The van der Waals surface area contributed by atoms with Gasteiger partial charge in [0.15, 0.2) is 9.84 Å². The molecule has 0 fully saturated rings. The van der Waals surface area contributed by atoms with Crippen molar-refractivity contribution < 1.29 is 17.6 Å². The molecule has 27 heavy (non-hydrogen) atoms. The molecule has 0 bridgehead atoms. The van der Waals surface area contributed by atoms with Crippen molar-refractivity contribution in [3.63, 3.8) is 0 Å². The van der Waals surface area contributed by atoms with Crippen molar-refractivity contribution in [3.05, 3.63) is 54.1 Å². The first-order chi connectivity index (χ1) is 12.7. The van der Waals surface area contributed by atoms with Crippen LogP contribution in [0.5, 0.6) is 0 Å². The lowest BCUT2D eigenvalue weighted by atomic mass is 10.2. The third-order valence-electron chi connectivity index (χ3n) is 3.80. The maximum atomic E-state index is 12.3. The fourth-order valence-electron chi connectivity index (χ4n) is 2.33. The summed E-state index contributed by atoms with van der Waals surface area (Å²) >= 11 is 0. The Morgan fingerprint density at radius 3 is 2.41 bits per heavy atom. The van der Waals surface area contributed by atoms with Crippen LogP contribution in [0.15, 0.2) is 57.8 Å². The number of carbonyl (C=O) groups excluding carboxylic acids is 1. The monoisotopic (exact) mass is 386 g/mol. The van der Waals surface area contributed by atoms with Gasteiger partial charge in [-0.1, -0.05) is 11.2 Å². The fraction of sp³-hybridized carbons (Fsp3) is 0.167. The highest BCUT2D eigenvalue weighted by atomic mass is 32.2. The Morgan fingerprint density at radius 2 is 1.78 bits per heavy atom. The van der Waals surface area contributed by atoms with Crippen LogP contribution < -0.4 is 10.2 Å². The van der Waals surface area contributed by atoms with E-state index in [2.05, 4.69) is 15.5 Å². The first kappa shape index (κ1) is 18.6. The maximum absolute atomic E-state index is 12.3. The highest BCUT2D eigenvalue weighted by Gasteiger charge is 2.15. The second-order valence-electron chi connectivity index (χ2n) is 6.11. The van der Waals surface area contributed by atoms with E-state index in [0.29, 0.717) is 11.1 Å². The Hall–Kier alpha value is -3.20. The lowest BCUT2D eigenvalue weighted by Gasteiger charge is -2.12. The van der Waals surface area contributed by atoms with Gasteiger partial charge in [-0.2, -0.15) is 0 Å². The van der Waals surface area contributed by atoms with Crippen LogP contribution in [0.4, 0.5) is 11.7 Å². The predicted octanol–water partition coefficient (Wildman–Crippen LogP) is 2.46. The topological polar surface area (TPSA) is 105 Å². The minimum absolute atomic E-state index is 0.0727. The smallest absolute Gasteiger partial charge is 0.322 e. The van der Waals surface area contributed by atoms with Crippen LogP contribution in [0.25, 0.3) is 11.5 Å². The lowest BCUT2D eigenvalue weighted by Crippen LogP contribution is -2.13. The van der Waals surface area contributed by atoms with Gasteiger partial charge in [0, 0.05) is 37.2 Å². The zero-order valence-corrected chi connectivity index (χ0v) is 15.8. The summed E-state index contributed by atoms with van der Waals surface area (Å²) in [5, 5.41) is 10.2. The Kier molecular flexibility index (Phi) is 4.95. The molecule has 0 aliphatic rings. The van der Waals surface area contributed by atoms with Crippen LogP contribution >= 0.6 is 0 Å². The number of hydrogen-bond acceptors (Lipinski definition) is 7. The minimum atomic E-state index is -3.35. The summed E-state index contributed by atoms with van der Waals surface area (Å²) in [5.74, 6) is -0.279. The Bertz CT molecular complexity index is 1070. The number of aromatic nitrogens is 2. The first-order valence-corrected chi connectivity index (χ1v) is 9.86. The fourth-order valence-corrected chi connectivity index (χ4v) is 3.00. The van der Waals surface area contributed by atoms with Crippen molar-refractivity contribution in [3.8, 4) is 11.5 Å². The molecule has 1 amide bonds. The van der Waals surface area contributed by atoms with Gasteiger partial charge in [-0.05, 0) is 42.5 Å². The van der Waals surface area contributed by atoms with E-state index in [1.54, 1.807) is 24.3 Å².